The van der Waals surface area contributed by atoms with Gasteiger partial charge < -0.3 is 10.1 Å². The molecule has 2 heterocycles. The molecule has 0 radical (unpaired) electrons. The van der Waals surface area contributed by atoms with Gasteiger partial charge in [0.1, 0.15) is 5.75 Å². The highest BCUT2D eigenvalue weighted by molar-refractivity contribution is 7.09. The molecule has 0 saturated heterocycles. The van der Waals surface area contributed by atoms with E-state index < -0.39 is 0 Å². The largest absolute Gasteiger partial charge is 0.438 e. The van der Waals surface area contributed by atoms with Crippen molar-refractivity contribution in [1.82, 2.24) is 15.3 Å². The Morgan fingerprint density at radius 2 is 2.04 bits per heavy atom. The molecule has 0 aliphatic rings. The first kappa shape index (κ1) is 17.1. The molecule has 0 saturated carbocycles. The van der Waals surface area contributed by atoms with Crippen LogP contribution in [0.3, 0.4) is 0 Å². The molecule has 2 aromatic heterocycles. The average molecular weight is 353 g/mol. The molecule has 25 heavy (non-hydrogen) atoms. The van der Waals surface area contributed by atoms with Crippen molar-refractivity contribution in [2.24, 2.45) is 0 Å². The van der Waals surface area contributed by atoms with E-state index in [1.165, 1.54) is 0 Å². The van der Waals surface area contributed by atoms with Gasteiger partial charge in [0.25, 0.3) is 0 Å². The van der Waals surface area contributed by atoms with Crippen molar-refractivity contribution >= 4 is 17.2 Å². The third-order valence-electron chi connectivity index (χ3n) is 3.63. The fourth-order valence-corrected chi connectivity index (χ4v) is 2.95. The van der Waals surface area contributed by atoms with Gasteiger partial charge in [-0.15, -0.1) is 11.3 Å². The molecular weight excluding hydrogens is 334 g/mol. The molecule has 1 amide bonds. The zero-order chi connectivity index (χ0) is 17.6. The smallest absolute Gasteiger partial charge is 0.226 e. The number of para-hydroxylation sites is 1. The van der Waals surface area contributed by atoms with Crippen molar-refractivity contribution < 1.29 is 9.53 Å². The van der Waals surface area contributed by atoms with E-state index in [0.717, 1.165) is 27.6 Å². The lowest BCUT2D eigenvalue weighted by molar-refractivity contribution is -0.120. The third kappa shape index (κ3) is 4.64. The molecule has 0 atom stereocenters. The lowest BCUT2D eigenvalue weighted by Gasteiger charge is -2.12. The topological polar surface area (TPSA) is 64.1 Å². The first-order valence-electron chi connectivity index (χ1n) is 7.97. The Hall–Kier alpha value is -2.73. The Labute approximate surface area is 150 Å². The molecule has 128 valence electrons. The van der Waals surface area contributed by atoms with E-state index in [1.54, 1.807) is 17.5 Å². The van der Waals surface area contributed by atoms with Crippen molar-refractivity contribution in [3.05, 3.63) is 69.8 Å². The number of benzene rings is 1. The van der Waals surface area contributed by atoms with E-state index in [-0.39, 0.29) is 12.3 Å². The maximum absolute atomic E-state index is 12.1. The summed E-state index contributed by atoms with van der Waals surface area (Å²) in [6, 6.07) is 11.5. The average Bonchev–Trinajstić information content (AvgIpc) is 3.01. The molecule has 0 aliphatic heterocycles. The fraction of sp³-hybridized carbons (Fsp3) is 0.211. The number of rotatable bonds is 6. The third-order valence-corrected chi connectivity index (χ3v) is 4.46. The molecule has 3 aromatic rings. The van der Waals surface area contributed by atoms with Gasteiger partial charge in [-0.2, -0.15) is 0 Å². The quantitative estimate of drug-likeness (QED) is 0.732. The maximum Gasteiger partial charge on any atom is 0.226 e. The standard InChI is InChI=1S/C19H19N3O2S/c1-13-6-3-4-8-17(13)24-19-15(7-5-9-20-19)11-21-18(23)10-16-12-25-14(2)22-16/h3-9,12H,10-11H2,1-2H3,(H,21,23). The number of ether oxygens (including phenoxy) is 1. The Morgan fingerprint density at radius 1 is 1.20 bits per heavy atom. The van der Waals surface area contributed by atoms with Gasteiger partial charge >= 0.3 is 0 Å². The highest BCUT2D eigenvalue weighted by Gasteiger charge is 2.10. The van der Waals surface area contributed by atoms with Crippen molar-refractivity contribution in [3.8, 4) is 11.6 Å². The van der Waals surface area contributed by atoms with Crippen LogP contribution in [0.4, 0.5) is 0 Å². The lowest BCUT2D eigenvalue weighted by atomic mass is 10.2. The minimum absolute atomic E-state index is 0.0732. The van der Waals surface area contributed by atoms with Crippen LogP contribution in [0.25, 0.3) is 0 Å². The van der Waals surface area contributed by atoms with Crippen LogP contribution in [-0.4, -0.2) is 15.9 Å². The molecule has 5 nitrogen and oxygen atoms in total. The van der Waals surface area contributed by atoms with Gasteiger partial charge in [0.2, 0.25) is 11.8 Å². The summed E-state index contributed by atoms with van der Waals surface area (Å²) in [7, 11) is 0. The first-order valence-corrected chi connectivity index (χ1v) is 8.85. The maximum atomic E-state index is 12.1. The minimum Gasteiger partial charge on any atom is -0.438 e. The monoisotopic (exact) mass is 353 g/mol. The molecule has 3 rings (SSSR count). The molecule has 1 N–H and O–H groups in total. The summed E-state index contributed by atoms with van der Waals surface area (Å²) in [6.45, 7) is 4.27. The summed E-state index contributed by atoms with van der Waals surface area (Å²) >= 11 is 1.54. The molecule has 0 fully saturated rings. The highest BCUT2D eigenvalue weighted by atomic mass is 32.1. The van der Waals surface area contributed by atoms with Crippen LogP contribution in [0.1, 0.15) is 21.8 Å². The summed E-state index contributed by atoms with van der Waals surface area (Å²) in [4.78, 5) is 20.7. The number of amides is 1. The van der Waals surface area contributed by atoms with Crippen LogP contribution in [0.2, 0.25) is 0 Å². The Kier molecular flexibility index (Phi) is 5.40. The molecule has 0 aliphatic carbocycles. The van der Waals surface area contributed by atoms with E-state index in [0.29, 0.717) is 12.4 Å². The summed E-state index contributed by atoms with van der Waals surface area (Å²) in [5.74, 6) is 1.18. The second-order valence-electron chi connectivity index (χ2n) is 5.65. The highest BCUT2D eigenvalue weighted by Crippen LogP contribution is 2.25. The van der Waals surface area contributed by atoms with Gasteiger partial charge in [-0.1, -0.05) is 24.3 Å². The predicted molar refractivity (Wildman–Crippen MR) is 97.9 cm³/mol. The van der Waals surface area contributed by atoms with Crippen molar-refractivity contribution in [2.75, 3.05) is 0 Å². The first-order chi connectivity index (χ1) is 12.1. The predicted octanol–water partition coefficient (Wildman–Crippen LogP) is 3.81. The van der Waals surface area contributed by atoms with Gasteiger partial charge in [0.05, 0.1) is 17.1 Å². The van der Waals surface area contributed by atoms with Gasteiger partial charge in [-0.3, -0.25) is 4.79 Å². The second-order valence-corrected chi connectivity index (χ2v) is 6.71. The molecule has 0 bridgehead atoms. The van der Waals surface area contributed by atoms with E-state index >= 15 is 0 Å². The summed E-state index contributed by atoms with van der Waals surface area (Å²) in [6.07, 6.45) is 1.95. The lowest BCUT2D eigenvalue weighted by Crippen LogP contribution is -2.25. The fourth-order valence-electron chi connectivity index (χ4n) is 2.34. The number of aryl methyl sites for hydroxylation is 2. The normalized spacial score (nSPS) is 10.5. The number of hydrogen-bond acceptors (Lipinski definition) is 5. The summed E-state index contributed by atoms with van der Waals surface area (Å²) in [5.41, 5.74) is 2.65. The van der Waals surface area contributed by atoms with Crippen LogP contribution >= 0.6 is 11.3 Å². The number of nitrogens with one attached hydrogen (secondary N) is 1. The van der Waals surface area contributed by atoms with Crippen molar-refractivity contribution in [2.45, 2.75) is 26.8 Å². The Balaban J connectivity index is 1.65. The molecule has 6 heteroatoms. The number of carbonyl (C=O) groups excluding carboxylic acids is 1. The van der Waals surface area contributed by atoms with Crippen molar-refractivity contribution in [1.29, 1.82) is 0 Å². The molecule has 0 spiro atoms. The number of nitrogens with zero attached hydrogens (tertiary/aromatic N) is 2. The second kappa shape index (κ2) is 7.90. The number of pyridine rings is 1. The summed E-state index contributed by atoms with van der Waals surface area (Å²) in [5, 5.41) is 5.77. The number of carbonyl (C=O) groups is 1. The number of aromatic nitrogens is 2. The molecular formula is C19H19N3O2S. The van der Waals surface area contributed by atoms with Gasteiger partial charge in [0, 0.05) is 23.7 Å². The zero-order valence-electron chi connectivity index (χ0n) is 14.2. The molecule has 0 unspecified atom stereocenters. The SMILES string of the molecule is Cc1nc(CC(=O)NCc2cccnc2Oc2ccccc2C)cs1. The van der Waals surface area contributed by atoms with E-state index in [9.17, 15) is 4.79 Å². The van der Waals surface area contributed by atoms with Gasteiger partial charge in [0.15, 0.2) is 0 Å². The van der Waals surface area contributed by atoms with Crippen LogP contribution in [0.5, 0.6) is 11.6 Å². The Morgan fingerprint density at radius 3 is 2.80 bits per heavy atom. The van der Waals surface area contributed by atoms with E-state index in [2.05, 4.69) is 15.3 Å². The number of thiazole rings is 1. The van der Waals surface area contributed by atoms with Crippen LogP contribution in [0.15, 0.2) is 48.0 Å². The van der Waals surface area contributed by atoms with E-state index in [4.69, 9.17) is 4.74 Å². The van der Waals surface area contributed by atoms with E-state index in [1.807, 2.05) is 55.6 Å². The van der Waals surface area contributed by atoms with Crippen LogP contribution in [-0.2, 0) is 17.8 Å². The Bertz CT molecular complexity index is 876. The zero-order valence-corrected chi connectivity index (χ0v) is 15.0. The van der Waals surface area contributed by atoms with Gasteiger partial charge in [-0.05, 0) is 31.5 Å². The minimum atomic E-state index is -0.0732. The summed E-state index contributed by atoms with van der Waals surface area (Å²) < 4.78 is 5.92. The van der Waals surface area contributed by atoms with Gasteiger partial charge in [-0.25, -0.2) is 9.97 Å². The van der Waals surface area contributed by atoms with Crippen LogP contribution in [0, 0.1) is 13.8 Å². The number of hydrogen-bond donors (Lipinski definition) is 1. The van der Waals surface area contributed by atoms with Crippen LogP contribution < -0.4 is 10.1 Å². The molecule has 1 aromatic carbocycles. The van der Waals surface area contributed by atoms with Crippen molar-refractivity contribution in [3.63, 3.8) is 0 Å².